The van der Waals surface area contributed by atoms with Gasteiger partial charge in [0.1, 0.15) is 23.1 Å². The van der Waals surface area contributed by atoms with Crippen molar-refractivity contribution in [2.24, 2.45) is 5.92 Å². The molecule has 2 N–H and O–H groups in total. The number of ether oxygens (including phenoxy) is 1. The number of methoxy groups -OCH3 is 1. The lowest BCUT2D eigenvalue weighted by atomic mass is 10.0. The van der Waals surface area contributed by atoms with Crippen molar-refractivity contribution in [1.82, 2.24) is 9.55 Å². The number of aryl methyl sites for hydroxylation is 1. The van der Waals surface area contributed by atoms with E-state index in [2.05, 4.69) is 11.5 Å². The Balaban J connectivity index is 2.06. The summed E-state index contributed by atoms with van der Waals surface area (Å²) in [5.74, 6) is 3.38. The lowest BCUT2D eigenvalue weighted by Gasteiger charge is -2.20. The summed E-state index contributed by atoms with van der Waals surface area (Å²) in [5, 5.41) is 0. The van der Waals surface area contributed by atoms with Gasteiger partial charge in [-0.2, -0.15) is 0 Å². The normalized spacial score (nSPS) is 18.1. The third-order valence-electron chi connectivity index (χ3n) is 3.78. The fourth-order valence-corrected chi connectivity index (χ4v) is 2.67. The minimum absolute atomic E-state index is 0.669. The van der Waals surface area contributed by atoms with Crippen molar-refractivity contribution in [2.45, 2.75) is 26.3 Å². The van der Waals surface area contributed by atoms with Crippen LogP contribution in [0, 0.1) is 5.92 Å². The molecule has 1 atom stereocenters. The Morgan fingerprint density at radius 1 is 1.42 bits per heavy atom. The van der Waals surface area contributed by atoms with Crippen LogP contribution in [0.3, 0.4) is 0 Å². The average Bonchev–Trinajstić information content (AvgIpc) is 2.76. The van der Waals surface area contributed by atoms with Gasteiger partial charge in [-0.05, 0) is 24.5 Å². The van der Waals surface area contributed by atoms with Crippen molar-refractivity contribution in [3.63, 3.8) is 0 Å². The van der Waals surface area contributed by atoms with Crippen molar-refractivity contribution < 1.29 is 4.74 Å². The van der Waals surface area contributed by atoms with E-state index in [-0.39, 0.29) is 0 Å². The molecule has 0 spiro atoms. The van der Waals surface area contributed by atoms with Crippen LogP contribution in [0.2, 0.25) is 0 Å². The van der Waals surface area contributed by atoms with Gasteiger partial charge in [0, 0.05) is 18.5 Å². The Morgan fingerprint density at radius 3 is 3.05 bits per heavy atom. The zero-order valence-corrected chi connectivity index (χ0v) is 11.4. The van der Waals surface area contributed by atoms with Crippen LogP contribution in [-0.4, -0.2) is 16.7 Å². The molecule has 0 saturated heterocycles. The predicted octanol–water partition coefficient (Wildman–Crippen LogP) is 2.72. The maximum atomic E-state index is 6.27. The highest BCUT2D eigenvalue weighted by Gasteiger charge is 2.22. The van der Waals surface area contributed by atoms with E-state index in [4.69, 9.17) is 15.5 Å². The summed E-state index contributed by atoms with van der Waals surface area (Å²) in [6.45, 7) is 3.23. The molecule has 0 saturated carbocycles. The van der Waals surface area contributed by atoms with Gasteiger partial charge in [0.05, 0.1) is 7.11 Å². The van der Waals surface area contributed by atoms with Gasteiger partial charge < -0.3 is 15.0 Å². The first kappa shape index (κ1) is 12.1. The number of fused-ring (bicyclic) bond motifs is 1. The number of hydrogen-bond donors (Lipinski definition) is 1. The number of hydrogen-bond acceptors (Lipinski definition) is 3. The number of nitrogens with two attached hydrogens (primary N) is 1. The Morgan fingerprint density at radius 2 is 2.26 bits per heavy atom. The fraction of sp³-hybridized carbons (Fsp3) is 0.400. The number of nitrogens with zero attached hydrogens (tertiary/aromatic N) is 2. The summed E-state index contributed by atoms with van der Waals surface area (Å²) in [5.41, 5.74) is 8.17. The third-order valence-corrected chi connectivity index (χ3v) is 3.78. The first-order chi connectivity index (χ1) is 9.19. The predicted molar refractivity (Wildman–Crippen MR) is 76.1 cm³/mol. The molecule has 0 radical (unpaired) electrons. The monoisotopic (exact) mass is 257 g/mol. The standard InChI is InChI=1S/C15H19N3O/c1-10-6-7-13-17-14(15(16)18(13)9-10)11-4-3-5-12(8-11)19-2/h3-5,8,10H,6-7,9,16H2,1-2H3. The van der Waals surface area contributed by atoms with Gasteiger partial charge in [-0.1, -0.05) is 19.1 Å². The van der Waals surface area contributed by atoms with Crippen LogP contribution in [0.5, 0.6) is 5.75 Å². The van der Waals surface area contributed by atoms with Crippen molar-refractivity contribution in [3.05, 3.63) is 30.1 Å². The van der Waals surface area contributed by atoms with Crippen LogP contribution in [0.1, 0.15) is 19.2 Å². The molecular formula is C15H19N3O. The van der Waals surface area contributed by atoms with E-state index in [1.807, 2.05) is 24.3 Å². The van der Waals surface area contributed by atoms with E-state index in [1.165, 1.54) is 6.42 Å². The van der Waals surface area contributed by atoms with Crippen molar-refractivity contribution in [1.29, 1.82) is 0 Å². The summed E-state index contributed by atoms with van der Waals surface area (Å²) >= 11 is 0. The summed E-state index contributed by atoms with van der Waals surface area (Å²) in [6.07, 6.45) is 2.20. The lowest BCUT2D eigenvalue weighted by molar-refractivity contribution is 0.397. The van der Waals surface area contributed by atoms with Crippen molar-refractivity contribution in [2.75, 3.05) is 12.8 Å². The first-order valence-electron chi connectivity index (χ1n) is 6.68. The Hall–Kier alpha value is -1.97. The zero-order valence-electron chi connectivity index (χ0n) is 11.4. The molecule has 1 aliphatic rings. The number of rotatable bonds is 2. The smallest absolute Gasteiger partial charge is 0.131 e. The van der Waals surface area contributed by atoms with Crippen LogP contribution in [-0.2, 0) is 13.0 Å². The largest absolute Gasteiger partial charge is 0.497 e. The lowest BCUT2D eigenvalue weighted by Crippen LogP contribution is -2.19. The molecule has 0 aliphatic carbocycles. The second kappa shape index (κ2) is 4.61. The third kappa shape index (κ3) is 2.07. The molecule has 1 aromatic heterocycles. The molecule has 0 fully saturated rings. The quantitative estimate of drug-likeness (QED) is 0.900. The molecule has 1 unspecified atom stereocenters. The molecule has 0 bridgehead atoms. The Bertz CT molecular complexity index is 603. The van der Waals surface area contributed by atoms with Gasteiger partial charge in [0.25, 0.3) is 0 Å². The molecule has 19 heavy (non-hydrogen) atoms. The van der Waals surface area contributed by atoms with Crippen molar-refractivity contribution in [3.8, 4) is 17.0 Å². The van der Waals surface area contributed by atoms with Crippen molar-refractivity contribution >= 4 is 5.82 Å². The number of anilines is 1. The van der Waals surface area contributed by atoms with E-state index in [9.17, 15) is 0 Å². The van der Waals surface area contributed by atoms with Crippen LogP contribution in [0.15, 0.2) is 24.3 Å². The highest BCUT2D eigenvalue weighted by atomic mass is 16.5. The zero-order chi connectivity index (χ0) is 13.4. The Labute approximate surface area is 113 Å². The molecule has 4 nitrogen and oxygen atoms in total. The summed E-state index contributed by atoms with van der Waals surface area (Å²) in [6, 6.07) is 7.90. The van der Waals surface area contributed by atoms with E-state index < -0.39 is 0 Å². The molecule has 1 aromatic carbocycles. The van der Waals surface area contributed by atoms with E-state index in [0.717, 1.165) is 41.6 Å². The average molecular weight is 257 g/mol. The van der Waals surface area contributed by atoms with Gasteiger partial charge in [-0.3, -0.25) is 0 Å². The number of benzene rings is 1. The molecular weight excluding hydrogens is 238 g/mol. The maximum Gasteiger partial charge on any atom is 0.131 e. The van der Waals surface area contributed by atoms with Crippen LogP contribution < -0.4 is 10.5 Å². The molecule has 2 aromatic rings. The second-order valence-electron chi connectivity index (χ2n) is 5.25. The van der Waals surface area contributed by atoms with E-state index in [1.54, 1.807) is 7.11 Å². The molecule has 100 valence electrons. The highest BCUT2D eigenvalue weighted by molar-refractivity contribution is 5.72. The van der Waals surface area contributed by atoms with Gasteiger partial charge in [-0.25, -0.2) is 4.98 Å². The van der Waals surface area contributed by atoms with Gasteiger partial charge in [-0.15, -0.1) is 0 Å². The maximum absolute atomic E-state index is 6.27. The minimum atomic E-state index is 0.669. The fourth-order valence-electron chi connectivity index (χ4n) is 2.67. The highest BCUT2D eigenvalue weighted by Crippen LogP contribution is 2.32. The van der Waals surface area contributed by atoms with Gasteiger partial charge in [0.15, 0.2) is 0 Å². The van der Waals surface area contributed by atoms with E-state index in [0.29, 0.717) is 5.92 Å². The summed E-state index contributed by atoms with van der Waals surface area (Å²) < 4.78 is 7.42. The van der Waals surface area contributed by atoms with Crippen LogP contribution in [0.4, 0.5) is 5.82 Å². The van der Waals surface area contributed by atoms with Crippen LogP contribution >= 0.6 is 0 Å². The molecule has 1 aliphatic heterocycles. The summed E-state index contributed by atoms with van der Waals surface area (Å²) in [7, 11) is 1.67. The number of nitrogen functional groups attached to an aromatic ring is 1. The number of aromatic nitrogens is 2. The van der Waals surface area contributed by atoms with E-state index >= 15 is 0 Å². The second-order valence-corrected chi connectivity index (χ2v) is 5.25. The number of imidazole rings is 1. The first-order valence-corrected chi connectivity index (χ1v) is 6.68. The van der Waals surface area contributed by atoms with Crippen LogP contribution in [0.25, 0.3) is 11.3 Å². The molecule has 4 heteroatoms. The summed E-state index contributed by atoms with van der Waals surface area (Å²) in [4.78, 5) is 4.71. The minimum Gasteiger partial charge on any atom is -0.497 e. The van der Waals surface area contributed by atoms with Gasteiger partial charge >= 0.3 is 0 Å². The topological polar surface area (TPSA) is 53.1 Å². The van der Waals surface area contributed by atoms with Gasteiger partial charge in [0.2, 0.25) is 0 Å². The molecule has 0 amide bonds. The SMILES string of the molecule is COc1cccc(-c2nc3n(c2N)CC(C)CC3)c1. The Kier molecular flexibility index (Phi) is 2.93. The molecule has 2 heterocycles. The molecule has 3 rings (SSSR count).